The summed E-state index contributed by atoms with van der Waals surface area (Å²) >= 11 is 1.49. The Morgan fingerprint density at radius 3 is 2.70 bits per heavy atom. The zero-order valence-corrected chi connectivity index (χ0v) is 17.6. The lowest BCUT2D eigenvalue weighted by molar-refractivity contribution is -0.119. The van der Waals surface area contributed by atoms with E-state index in [1.54, 1.807) is 0 Å². The third kappa shape index (κ3) is 5.60. The van der Waals surface area contributed by atoms with Gasteiger partial charge >= 0.3 is 0 Å². The first-order valence-corrected chi connectivity index (χ1v) is 11.2. The fourth-order valence-corrected chi connectivity index (χ4v) is 4.57. The predicted molar refractivity (Wildman–Crippen MR) is 108 cm³/mol. The van der Waals surface area contributed by atoms with E-state index in [1.165, 1.54) is 31.0 Å². The van der Waals surface area contributed by atoms with Crippen molar-refractivity contribution in [2.24, 2.45) is 11.8 Å². The van der Waals surface area contributed by atoms with Crippen LogP contribution in [0.2, 0.25) is 0 Å². The molecule has 2 heterocycles. The molecule has 3 rings (SSSR count). The van der Waals surface area contributed by atoms with Crippen molar-refractivity contribution in [3.05, 3.63) is 0 Å². The fourth-order valence-electron chi connectivity index (χ4n) is 3.82. The minimum Gasteiger partial charge on any atom is -0.378 e. The van der Waals surface area contributed by atoms with Crippen LogP contribution in [0.5, 0.6) is 0 Å². The van der Waals surface area contributed by atoms with Crippen LogP contribution in [0.25, 0.3) is 0 Å². The Hall–Kier alpha value is -1.28. The van der Waals surface area contributed by atoms with Crippen LogP contribution in [0.15, 0.2) is 5.16 Å². The molecule has 2 aliphatic rings. The van der Waals surface area contributed by atoms with Crippen molar-refractivity contribution in [3.63, 3.8) is 0 Å². The molecule has 1 saturated carbocycles. The second-order valence-corrected chi connectivity index (χ2v) is 9.05. The molecule has 0 spiro atoms. The van der Waals surface area contributed by atoms with Gasteiger partial charge in [-0.15, -0.1) is 10.2 Å². The minimum absolute atomic E-state index is 0.103. The molecule has 1 aromatic heterocycles. The lowest BCUT2D eigenvalue weighted by Gasteiger charge is -2.29. The van der Waals surface area contributed by atoms with Crippen LogP contribution in [0.4, 0.5) is 5.95 Å². The highest BCUT2D eigenvalue weighted by Crippen LogP contribution is 2.26. The van der Waals surface area contributed by atoms with E-state index in [0.29, 0.717) is 23.6 Å². The largest absolute Gasteiger partial charge is 0.378 e. The van der Waals surface area contributed by atoms with Gasteiger partial charge in [-0.05, 0) is 24.7 Å². The maximum Gasteiger partial charge on any atom is 0.230 e. The molecule has 1 N–H and O–H groups in total. The first-order valence-electron chi connectivity index (χ1n) is 10.2. The number of anilines is 1. The number of morpholine rings is 1. The Labute approximate surface area is 166 Å². The predicted octanol–water partition coefficient (Wildman–Crippen LogP) is 2.56. The second kappa shape index (κ2) is 9.78. The van der Waals surface area contributed by atoms with Crippen LogP contribution < -0.4 is 10.2 Å². The number of nitrogens with zero attached hydrogens (tertiary/aromatic N) is 4. The Bertz CT molecular complexity index is 615. The smallest absolute Gasteiger partial charge is 0.230 e. The van der Waals surface area contributed by atoms with Gasteiger partial charge < -0.3 is 15.0 Å². The van der Waals surface area contributed by atoms with Gasteiger partial charge in [-0.1, -0.05) is 45.4 Å². The molecule has 2 atom stereocenters. The summed E-state index contributed by atoms with van der Waals surface area (Å²) in [5.41, 5.74) is 0. The van der Waals surface area contributed by atoms with Crippen molar-refractivity contribution in [3.8, 4) is 0 Å². The summed E-state index contributed by atoms with van der Waals surface area (Å²) < 4.78 is 7.62. The first kappa shape index (κ1) is 20.5. The second-order valence-electron chi connectivity index (χ2n) is 8.11. The molecule has 1 saturated heterocycles. The van der Waals surface area contributed by atoms with Crippen LogP contribution in [0, 0.1) is 11.8 Å². The standard InChI is InChI=1S/C19H33N5O2S/c1-14(2)12-24-18(23-8-10-26-11-9-23)21-22-19(24)27-13-17(25)20-16-7-5-4-6-15(16)3/h14-16H,4-13H2,1-3H3,(H,20,25)/t15-,16+/m0/s1. The molecular formula is C19H33N5O2S. The number of nitrogens with one attached hydrogen (secondary N) is 1. The highest BCUT2D eigenvalue weighted by molar-refractivity contribution is 7.99. The maximum absolute atomic E-state index is 12.5. The molecule has 152 valence electrons. The van der Waals surface area contributed by atoms with E-state index in [-0.39, 0.29) is 5.91 Å². The Morgan fingerprint density at radius 2 is 2.00 bits per heavy atom. The molecule has 0 radical (unpaired) electrons. The van der Waals surface area contributed by atoms with Gasteiger partial charge in [0.1, 0.15) is 0 Å². The molecular weight excluding hydrogens is 362 g/mol. The van der Waals surface area contributed by atoms with E-state index < -0.39 is 0 Å². The van der Waals surface area contributed by atoms with E-state index in [2.05, 4.69) is 45.8 Å². The maximum atomic E-state index is 12.5. The topological polar surface area (TPSA) is 72.3 Å². The van der Waals surface area contributed by atoms with E-state index >= 15 is 0 Å². The number of carbonyl (C=O) groups is 1. The molecule has 1 aliphatic carbocycles. The Balaban J connectivity index is 1.61. The number of rotatable bonds is 7. The summed E-state index contributed by atoms with van der Waals surface area (Å²) in [7, 11) is 0. The Morgan fingerprint density at radius 1 is 1.26 bits per heavy atom. The number of hydrogen-bond acceptors (Lipinski definition) is 6. The van der Waals surface area contributed by atoms with Crippen LogP contribution in [0.1, 0.15) is 46.5 Å². The van der Waals surface area contributed by atoms with Crippen LogP contribution in [0.3, 0.4) is 0 Å². The molecule has 1 aliphatic heterocycles. The van der Waals surface area contributed by atoms with Crippen molar-refractivity contribution in [1.82, 2.24) is 20.1 Å². The summed E-state index contributed by atoms with van der Waals surface area (Å²) in [4.78, 5) is 14.7. The number of hydrogen-bond donors (Lipinski definition) is 1. The molecule has 1 amide bonds. The van der Waals surface area contributed by atoms with E-state index in [9.17, 15) is 4.79 Å². The van der Waals surface area contributed by atoms with Gasteiger partial charge in [0.05, 0.1) is 19.0 Å². The molecule has 27 heavy (non-hydrogen) atoms. The highest BCUT2D eigenvalue weighted by Gasteiger charge is 2.24. The fraction of sp³-hybridized carbons (Fsp3) is 0.842. The summed E-state index contributed by atoms with van der Waals surface area (Å²) in [5.74, 6) is 2.45. The van der Waals surface area contributed by atoms with Crippen LogP contribution >= 0.6 is 11.8 Å². The van der Waals surface area contributed by atoms with Gasteiger partial charge in [-0.3, -0.25) is 9.36 Å². The normalized spacial score (nSPS) is 23.6. The molecule has 2 fully saturated rings. The quantitative estimate of drug-likeness (QED) is 0.716. The zero-order chi connectivity index (χ0) is 19.2. The van der Waals surface area contributed by atoms with E-state index in [0.717, 1.165) is 50.4 Å². The average molecular weight is 396 g/mol. The van der Waals surface area contributed by atoms with E-state index in [4.69, 9.17) is 4.74 Å². The van der Waals surface area contributed by atoms with Gasteiger partial charge in [0.15, 0.2) is 5.16 Å². The third-order valence-electron chi connectivity index (χ3n) is 5.33. The summed E-state index contributed by atoms with van der Waals surface area (Å²) in [6, 6.07) is 0.323. The first-order chi connectivity index (χ1) is 13.0. The monoisotopic (exact) mass is 395 g/mol. The average Bonchev–Trinajstić information content (AvgIpc) is 3.04. The third-order valence-corrected chi connectivity index (χ3v) is 6.30. The van der Waals surface area contributed by atoms with Crippen molar-refractivity contribution < 1.29 is 9.53 Å². The van der Waals surface area contributed by atoms with Crippen molar-refractivity contribution in [2.75, 3.05) is 37.0 Å². The number of amides is 1. The molecule has 0 unspecified atom stereocenters. The SMILES string of the molecule is CC(C)Cn1c(SCC(=O)N[C@@H]2CCCC[C@@H]2C)nnc1N1CCOCC1. The molecule has 0 bridgehead atoms. The molecule has 7 nitrogen and oxygen atoms in total. The Kier molecular flexibility index (Phi) is 7.41. The zero-order valence-electron chi connectivity index (χ0n) is 16.8. The summed E-state index contributed by atoms with van der Waals surface area (Å²) in [5, 5.41) is 12.9. The lowest BCUT2D eigenvalue weighted by atomic mass is 9.86. The van der Waals surface area contributed by atoms with Crippen LogP contribution in [-0.2, 0) is 16.1 Å². The number of aromatic nitrogens is 3. The number of carbonyl (C=O) groups excluding carboxylic acids is 1. The number of thioether (sulfide) groups is 1. The van der Waals surface area contributed by atoms with Crippen molar-refractivity contribution in [1.29, 1.82) is 0 Å². The van der Waals surface area contributed by atoms with Crippen molar-refractivity contribution in [2.45, 2.75) is 64.2 Å². The molecule has 1 aromatic rings. The lowest BCUT2D eigenvalue weighted by Crippen LogP contribution is -2.41. The van der Waals surface area contributed by atoms with Gasteiger partial charge in [0.2, 0.25) is 11.9 Å². The molecule has 8 heteroatoms. The highest BCUT2D eigenvalue weighted by atomic mass is 32.2. The van der Waals surface area contributed by atoms with Gasteiger partial charge in [0.25, 0.3) is 0 Å². The van der Waals surface area contributed by atoms with Gasteiger partial charge in [-0.2, -0.15) is 0 Å². The van der Waals surface area contributed by atoms with Gasteiger partial charge in [-0.25, -0.2) is 0 Å². The van der Waals surface area contributed by atoms with E-state index in [1.807, 2.05) is 0 Å². The number of ether oxygens (including phenoxy) is 1. The summed E-state index contributed by atoms with van der Waals surface area (Å²) in [6.07, 6.45) is 4.81. The summed E-state index contributed by atoms with van der Waals surface area (Å²) in [6.45, 7) is 10.6. The minimum atomic E-state index is 0.103. The molecule has 0 aromatic carbocycles. The van der Waals surface area contributed by atoms with Crippen LogP contribution in [-0.4, -0.2) is 58.8 Å². The van der Waals surface area contributed by atoms with Crippen molar-refractivity contribution >= 4 is 23.6 Å². The van der Waals surface area contributed by atoms with Gasteiger partial charge in [0, 0.05) is 25.7 Å².